The van der Waals surface area contributed by atoms with Crippen molar-refractivity contribution in [1.29, 1.82) is 0 Å². The molecule has 0 aliphatic heterocycles. The molecule has 0 aliphatic carbocycles. The van der Waals surface area contributed by atoms with Crippen molar-refractivity contribution in [2.75, 3.05) is 7.11 Å². The van der Waals surface area contributed by atoms with Crippen LogP contribution in [0.15, 0.2) is 188 Å². The third-order valence-corrected chi connectivity index (χ3v) is 15.8. The smallest absolute Gasteiger partial charge is 0.308 e. The summed E-state index contributed by atoms with van der Waals surface area (Å²) >= 11 is 0. The van der Waals surface area contributed by atoms with Crippen molar-refractivity contribution in [1.82, 2.24) is 104 Å². The lowest BCUT2D eigenvalue weighted by molar-refractivity contribution is -0.136. The van der Waals surface area contributed by atoms with E-state index in [4.69, 9.17) is 34.9 Å². The van der Waals surface area contributed by atoms with Crippen LogP contribution in [0.4, 0.5) is 26.3 Å². The zero-order chi connectivity index (χ0) is 75.2. The van der Waals surface area contributed by atoms with Gasteiger partial charge in [0.05, 0.1) is 81.7 Å². The predicted octanol–water partition coefficient (Wildman–Crippen LogP) is 6.81. The number of aromatic nitrogens is 21. The van der Waals surface area contributed by atoms with Gasteiger partial charge in [0.15, 0.2) is 52.4 Å². The summed E-state index contributed by atoms with van der Waals surface area (Å²) in [6, 6.07) is 28.5. The number of methoxy groups -OCH3 is 1. The minimum atomic E-state index is -1.21. The number of nitrogens with zero attached hydrogens (tertiary/aromatic N) is 20. The van der Waals surface area contributed by atoms with E-state index in [1.54, 1.807) is 91.0 Å². The maximum absolute atomic E-state index is 14.8. The second-order valence-corrected chi connectivity index (χ2v) is 23.0. The summed E-state index contributed by atoms with van der Waals surface area (Å²) in [6.07, 6.45) is 9.84. The number of carboxylic acids is 1. The molecular weight excluding hydrogens is 1410 g/mol. The highest BCUT2D eigenvalue weighted by atomic mass is 19.1. The molecule has 33 nitrogen and oxygen atoms in total. The van der Waals surface area contributed by atoms with Gasteiger partial charge in [-0.05, 0) is 36.4 Å². The monoisotopic (exact) mass is 1460 g/mol. The van der Waals surface area contributed by atoms with Crippen molar-refractivity contribution in [3.8, 4) is 92.1 Å². The highest BCUT2D eigenvalue weighted by Gasteiger charge is 2.26. The summed E-state index contributed by atoms with van der Waals surface area (Å²) in [4.78, 5) is 82.9. The Bertz CT molecular complexity index is 5900. The number of ether oxygens (including phenoxy) is 1. The van der Waals surface area contributed by atoms with E-state index < -0.39 is 64.4 Å². The molecule has 39 heteroatoms. The number of carbonyl (C=O) groups excluding carboxylic acids is 2. The van der Waals surface area contributed by atoms with Crippen LogP contribution in [0.1, 0.15) is 33.4 Å². The number of carbonyl (C=O) groups is 3. The van der Waals surface area contributed by atoms with E-state index in [1.165, 1.54) is 77.6 Å². The van der Waals surface area contributed by atoms with E-state index in [9.17, 15) is 50.3 Å². The summed E-state index contributed by atoms with van der Waals surface area (Å²) in [5.41, 5.74) is 14.4. The summed E-state index contributed by atoms with van der Waals surface area (Å²) < 4.78 is 116. The maximum atomic E-state index is 14.8. The summed E-state index contributed by atoms with van der Waals surface area (Å²) in [5.74, 6) is -6.65. The number of H-pyrrole nitrogens is 1. The van der Waals surface area contributed by atoms with Crippen LogP contribution in [0.2, 0.25) is 0 Å². The number of benzene rings is 3. The highest BCUT2D eigenvalue weighted by molar-refractivity contribution is 5.77. The Morgan fingerprint density at radius 3 is 1.31 bits per heavy atom. The summed E-state index contributed by atoms with van der Waals surface area (Å²) in [7, 11) is 2.77. The second-order valence-electron chi connectivity index (χ2n) is 23.0. The van der Waals surface area contributed by atoms with Crippen LogP contribution in [0.25, 0.3) is 86.2 Å². The molecule has 0 aliphatic rings. The molecule has 6 N–H and O–H groups in total. The van der Waals surface area contributed by atoms with Gasteiger partial charge in [-0.2, -0.15) is 15.3 Å². The molecular formula is C68H51F6N23O10. The second kappa shape index (κ2) is 30.4. The number of nitrogens with one attached hydrogen (secondary N) is 1. The van der Waals surface area contributed by atoms with Gasteiger partial charge in [-0.3, -0.25) is 43.1 Å². The third kappa shape index (κ3) is 15.5. The van der Waals surface area contributed by atoms with Crippen molar-refractivity contribution in [3.63, 3.8) is 0 Å². The van der Waals surface area contributed by atoms with Crippen molar-refractivity contribution < 1.29 is 64.1 Å². The van der Waals surface area contributed by atoms with Gasteiger partial charge in [0.25, 0.3) is 11.1 Å². The van der Waals surface area contributed by atoms with E-state index in [1.807, 2.05) is 0 Å². The molecule has 107 heavy (non-hydrogen) atoms. The zero-order valence-corrected chi connectivity index (χ0v) is 55.3. The molecule has 0 radical (unpaired) electrons. The molecule has 12 heterocycles. The first-order valence-electron chi connectivity index (χ1n) is 31.4. The number of aliphatic carboxylic acids is 1. The minimum absolute atomic E-state index is 0.00719. The number of amides is 2. The van der Waals surface area contributed by atoms with E-state index in [2.05, 4.69) is 70.9 Å². The molecule has 0 saturated heterocycles. The standard InChI is InChI=1S/2C23H18F2N8O3.C22H15F2N7O4/c1-35-23-14(8-20(26)34)12-33(30-23)22-16(25)10-27-21(28-22)18-9-19(17-6-7-36-31-17)32(29-18)11-13-4-2-3-5-15(13)24;1-31-23(35)14(8-20(26)34)12-33(31)22-16(25)10-27-21(28-22)18-9-19(17-6-7-36-30-17)32(29-18)11-13-4-2-3-5-15(13)24;23-14-4-2-1-3-12(14)10-30-18(16-5-6-35-29-16)8-17(27-30)20-25-9-15(24)21(26-20)31-11-13(7-19(32)33)22(34)28-31/h2*2-7,9-10,12H,8,11H2,1H3,(H2,26,34);1-6,8-9,11H,7,10H2,(H,28,34)(H,32,33). The first-order chi connectivity index (χ1) is 51.6. The Hall–Kier alpha value is -14.8. The fourth-order valence-electron chi connectivity index (χ4n) is 10.8. The van der Waals surface area contributed by atoms with Crippen molar-refractivity contribution >= 4 is 17.8 Å². The van der Waals surface area contributed by atoms with Crippen LogP contribution in [0.3, 0.4) is 0 Å². The Morgan fingerprint density at radius 2 is 0.897 bits per heavy atom. The number of primary amides is 2. The lowest BCUT2D eigenvalue weighted by atomic mass is 10.2. The topological polar surface area (TPSA) is 424 Å². The summed E-state index contributed by atoms with van der Waals surface area (Å²) in [6.45, 7) is 0.230. The molecule has 0 spiro atoms. The van der Waals surface area contributed by atoms with Crippen molar-refractivity contribution in [3.05, 3.63) is 254 Å². The zero-order valence-electron chi connectivity index (χ0n) is 55.3. The van der Waals surface area contributed by atoms with Crippen LogP contribution < -0.4 is 27.3 Å². The fraction of sp³-hybridized carbons (Fsp3) is 0.118. The molecule has 0 atom stereocenters. The molecule has 540 valence electrons. The van der Waals surface area contributed by atoms with Gasteiger partial charge >= 0.3 is 5.97 Å². The van der Waals surface area contributed by atoms with Crippen LogP contribution in [-0.4, -0.2) is 134 Å². The van der Waals surface area contributed by atoms with Crippen LogP contribution in [0, 0.1) is 34.9 Å². The number of hydrogen-bond donors (Lipinski definition) is 4. The van der Waals surface area contributed by atoms with E-state index in [0.717, 1.165) is 43.5 Å². The van der Waals surface area contributed by atoms with Gasteiger partial charge in [0.2, 0.25) is 17.7 Å². The molecule has 0 bridgehead atoms. The van der Waals surface area contributed by atoms with Gasteiger partial charge in [-0.1, -0.05) is 70.1 Å². The first kappa shape index (κ1) is 70.6. The van der Waals surface area contributed by atoms with Gasteiger partial charge < -0.3 is 34.9 Å². The number of rotatable bonds is 22. The molecule has 0 fully saturated rings. The highest BCUT2D eigenvalue weighted by Crippen LogP contribution is 2.31. The molecule has 2 amide bonds. The van der Waals surface area contributed by atoms with Crippen molar-refractivity contribution in [2.45, 2.75) is 38.9 Å². The lowest BCUT2D eigenvalue weighted by Gasteiger charge is -2.08. The fourth-order valence-corrected chi connectivity index (χ4v) is 10.8. The quantitative estimate of drug-likeness (QED) is 0.0506. The van der Waals surface area contributed by atoms with Crippen LogP contribution in [0.5, 0.6) is 5.88 Å². The van der Waals surface area contributed by atoms with Crippen LogP contribution in [-0.2, 0) is 60.3 Å². The first-order valence-corrected chi connectivity index (χ1v) is 31.4. The van der Waals surface area contributed by atoms with E-state index >= 15 is 0 Å². The molecule has 12 aromatic heterocycles. The number of nitrogens with two attached hydrogens (primary N) is 2. The molecule has 15 aromatic rings. The van der Waals surface area contributed by atoms with E-state index in [0.29, 0.717) is 56.4 Å². The Kier molecular flexibility index (Phi) is 20.1. The number of aromatic amines is 1. The molecule has 0 saturated carbocycles. The Morgan fingerprint density at radius 1 is 0.486 bits per heavy atom. The van der Waals surface area contributed by atoms with Crippen molar-refractivity contribution in [2.24, 2.45) is 18.5 Å². The summed E-state index contributed by atoms with van der Waals surface area (Å²) in [5, 5.41) is 40.7. The van der Waals surface area contributed by atoms with Crippen LogP contribution >= 0.6 is 0 Å². The van der Waals surface area contributed by atoms with Gasteiger partial charge in [-0.25, -0.2) is 75.0 Å². The number of halogens is 6. The normalized spacial score (nSPS) is 11.1. The van der Waals surface area contributed by atoms with E-state index in [-0.39, 0.29) is 107 Å². The van der Waals surface area contributed by atoms with Gasteiger partial charge in [0.1, 0.15) is 70.4 Å². The van der Waals surface area contributed by atoms with Gasteiger partial charge in [-0.15, -0.1) is 5.10 Å². The maximum Gasteiger partial charge on any atom is 0.308 e. The molecule has 0 unspecified atom stereocenters. The number of hydrogen-bond acceptors (Lipinski definition) is 22. The lowest BCUT2D eigenvalue weighted by Crippen LogP contribution is -2.23. The minimum Gasteiger partial charge on any atom is -0.481 e. The predicted molar refractivity (Wildman–Crippen MR) is 358 cm³/mol. The van der Waals surface area contributed by atoms with Gasteiger partial charge in [0, 0.05) is 77.2 Å². The largest absolute Gasteiger partial charge is 0.481 e. The molecule has 15 rings (SSSR count). The Labute approximate surface area is 594 Å². The average Bonchev–Trinajstić information content (AvgIpc) is 1.68. The Balaban J connectivity index is 0.000000142. The average molecular weight is 1460 g/mol. The SMILES string of the molecule is COc1nn(-c2nc(-c3cc(-c4ccon4)n(Cc4ccccc4F)n3)ncc2F)cc1CC(N)=O.Cn1c(=O)c(CC(N)=O)cn1-c1nc(-c2cc(-c3ccon3)n(Cc3ccccc3F)n2)ncc1F.O=C(O)Cc1cn(-c2nc(-c3cc(-c4ccon4)n(Cc4ccccc4F)n3)ncc2F)[nH]c1=O. The molecule has 3 aromatic carbocycles. The number of carboxylic acid groups (broad SMARTS) is 1. The third-order valence-electron chi connectivity index (χ3n) is 15.8.